The zero-order valence-electron chi connectivity index (χ0n) is 20.3. The number of carbonyl (C=O) groups is 2. The SMILES string of the molecule is O=C1c2ccccc2NC(c2ccc(Cl)cc2)N1CCN1C(=O)c2ccccc2NC1c1ccc(Cl)cc1. The third kappa shape index (κ3) is 4.46. The molecule has 6 nitrogen and oxygen atoms in total. The normalized spacial score (nSPS) is 18.4. The van der Waals surface area contributed by atoms with Gasteiger partial charge in [0.15, 0.2) is 0 Å². The molecule has 0 spiro atoms. The number of halogens is 2. The van der Waals surface area contributed by atoms with Gasteiger partial charge in [-0.05, 0) is 59.7 Å². The number of anilines is 2. The van der Waals surface area contributed by atoms with Crippen molar-refractivity contribution in [3.63, 3.8) is 0 Å². The maximum Gasteiger partial charge on any atom is 0.257 e. The molecule has 2 N–H and O–H groups in total. The van der Waals surface area contributed by atoms with Crippen LogP contribution in [0.25, 0.3) is 0 Å². The van der Waals surface area contributed by atoms with Gasteiger partial charge in [0.25, 0.3) is 11.8 Å². The average molecular weight is 543 g/mol. The van der Waals surface area contributed by atoms with Crippen LogP contribution < -0.4 is 10.6 Å². The number of amides is 2. The number of hydrogen-bond donors (Lipinski definition) is 2. The lowest BCUT2D eigenvalue weighted by Crippen LogP contribution is -2.50. The van der Waals surface area contributed by atoms with E-state index in [1.54, 1.807) is 9.80 Å². The van der Waals surface area contributed by atoms with Crippen molar-refractivity contribution in [1.29, 1.82) is 0 Å². The number of rotatable bonds is 5. The van der Waals surface area contributed by atoms with E-state index in [4.69, 9.17) is 23.2 Å². The summed E-state index contributed by atoms with van der Waals surface area (Å²) in [6.45, 7) is 0.625. The number of para-hydroxylation sites is 2. The summed E-state index contributed by atoms with van der Waals surface area (Å²) >= 11 is 12.3. The maximum absolute atomic E-state index is 13.7. The topological polar surface area (TPSA) is 64.7 Å². The minimum absolute atomic E-state index is 0.0971. The van der Waals surface area contributed by atoms with Crippen molar-refractivity contribution in [3.05, 3.63) is 129 Å². The Balaban J connectivity index is 1.34. The molecule has 4 aromatic rings. The minimum Gasteiger partial charge on any atom is -0.361 e. The smallest absolute Gasteiger partial charge is 0.257 e. The van der Waals surface area contributed by atoms with E-state index in [1.807, 2.05) is 97.1 Å². The van der Waals surface area contributed by atoms with Gasteiger partial charge in [-0.1, -0.05) is 71.7 Å². The first kappa shape index (κ1) is 24.3. The molecule has 0 aromatic heterocycles. The van der Waals surface area contributed by atoms with Crippen LogP contribution in [0.5, 0.6) is 0 Å². The Morgan fingerprint density at radius 1 is 0.553 bits per heavy atom. The van der Waals surface area contributed by atoms with Gasteiger partial charge in [-0.15, -0.1) is 0 Å². The van der Waals surface area contributed by atoms with Crippen LogP contribution in [0.2, 0.25) is 10.0 Å². The predicted octanol–water partition coefficient (Wildman–Crippen LogP) is 6.83. The molecule has 190 valence electrons. The van der Waals surface area contributed by atoms with Crippen LogP contribution in [0, 0.1) is 0 Å². The average Bonchev–Trinajstić information content (AvgIpc) is 2.94. The fourth-order valence-corrected chi connectivity index (χ4v) is 5.33. The molecule has 4 aromatic carbocycles. The highest BCUT2D eigenvalue weighted by Crippen LogP contribution is 2.36. The molecule has 0 saturated heterocycles. The van der Waals surface area contributed by atoms with E-state index in [-0.39, 0.29) is 11.8 Å². The van der Waals surface area contributed by atoms with Gasteiger partial charge in [0.05, 0.1) is 11.1 Å². The lowest BCUT2D eigenvalue weighted by atomic mass is 10.0. The van der Waals surface area contributed by atoms with Gasteiger partial charge in [-0.25, -0.2) is 0 Å². The third-order valence-electron chi connectivity index (χ3n) is 7.00. The minimum atomic E-state index is -0.413. The Bertz CT molecular complexity index is 1390. The van der Waals surface area contributed by atoms with Crippen LogP contribution in [0.4, 0.5) is 11.4 Å². The zero-order chi connectivity index (χ0) is 26.2. The van der Waals surface area contributed by atoms with Gasteiger partial charge in [0, 0.05) is 34.5 Å². The van der Waals surface area contributed by atoms with E-state index in [0.717, 1.165) is 22.5 Å². The van der Waals surface area contributed by atoms with E-state index < -0.39 is 12.3 Å². The largest absolute Gasteiger partial charge is 0.361 e. The Morgan fingerprint density at radius 3 is 1.32 bits per heavy atom. The molecule has 2 aliphatic rings. The number of nitrogens with one attached hydrogen (secondary N) is 2. The molecule has 38 heavy (non-hydrogen) atoms. The van der Waals surface area contributed by atoms with E-state index >= 15 is 0 Å². The second kappa shape index (κ2) is 10.0. The highest BCUT2D eigenvalue weighted by molar-refractivity contribution is 6.30. The molecule has 2 unspecified atom stereocenters. The number of hydrogen-bond acceptors (Lipinski definition) is 4. The summed E-state index contributed by atoms with van der Waals surface area (Å²) in [4.78, 5) is 31.0. The fraction of sp³-hybridized carbons (Fsp3) is 0.133. The van der Waals surface area contributed by atoms with E-state index in [1.165, 1.54) is 0 Å². The highest BCUT2D eigenvalue weighted by Gasteiger charge is 2.36. The van der Waals surface area contributed by atoms with E-state index in [9.17, 15) is 9.59 Å². The summed E-state index contributed by atoms with van der Waals surface area (Å²) in [7, 11) is 0. The van der Waals surface area contributed by atoms with Crippen LogP contribution in [-0.2, 0) is 0 Å². The standard InChI is InChI=1S/C30H24Cl2N4O2/c31-21-13-9-19(10-14-21)27-33-25-7-3-1-5-23(25)29(37)35(27)17-18-36-28(20-11-15-22(32)16-12-20)34-26-8-4-2-6-24(26)30(36)38/h1-16,27-28,33-34H,17-18H2. The first-order valence-corrected chi connectivity index (χ1v) is 13.1. The highest BCUT2D eigenvalue weighted by atomic mass is 35.5. The number of benzene rings is 4. The lowest BCUT2D eigenvalue weighted by Gasteiger charge is -2.42. The van der Waals surface area contributed by atoms with Crippen molar-refractivity contribution < 1.29 is 9.59 Å². The van der Waals surface area contributed by atoms with Crippen molar-refractivity contribution in [3.8, 4) is 0 Å². The van der Waals surface area contributed by atoms with Gasteiger partial charge < -0.3 is 20.4 Å². The Labute approximate surface area is 230 Å². The number of fused-ring (bicyclic) bond motifs is 2. The van der Waals surface area contributed by atoms with Crippen LogP contribution in [0.15, 0.2) is 97.1 Å². The molecular formula is C30H24Cl2N4O2. The molecule has 0 bridgehead atoms. The molecule has 2 heterocycles. The molecule has 8 heteroatoms. The molecule has 0 fully saturated rings. The maximum atomic E-state index is 13.7. The quantitative estimate of drug-likeness (QED) is 0.290. The monoisotopic (exact) mass is 542 g/mol. The lowest BCUT2D eigenvalue weighted by molar-refractivity contribution is 0.0560. The predicted molar refractivity (Wildman–Crippen MR) is 151 cm³/mol. The zero-order valence-corrected chi connectivity index (χ0v) is 21.8. The van der Waals surface area contributed by atoms with E-state index in [2.05, 4.69) is 10.6 Å². The van der Waals surface area contributed by atoms with Gasteiger partial charge in [-0.3, -0.25) is 9.59 Å². The van der Waals surface area contributed by atoms with Gasteiger partial charge in [0.1, 0.15) is 12.3 Å². The second-order valence-electron chi connectivity index (χ2n) is 9.29. The van der Waals surface area contributed by atoms with Crippen LogP contribution in [0.1, 0.15) is 44.2 Å². The van der Waals surface area contributed by atoms with Crippen LogP contribution in [0.3, 0.4) is 0 Å². The second-order valence-corrected chi connectivity index (χ2v) is 10.2. The Kier molecular flexibility index (Phi) is 6.44. The summed E-state index contributed by atoms with van der Waals surface area (Å²) < 4.78 is 0. The van der Waals surface area contributed by atoms with Crippen molar-refractivity contribution in [2.24, 2.45) is 0 Å². The van der Waals surface area contributed by atoms with Crippen LogP contribution >= 0.6 is 23.2 Å². The summed E-state index contributed by atoms with van der Waals surface area (Å²) in [5, 5.41) is 8.26. The summed E-state index contributed by atoms with van der Waals surface area (Å²) in [5.74, 6) is -0.194. The molecule has 0 saturated carbocycles. The molecule has 6 rings (SSSR count). The molecule has 2 atom stereocenters. The van der Waals surface area contributed by atoms with Crippen molar-refractivity contribution in [1.82, 2.24) is 9.80 Å². The van der Waals surface area contributed by atoms with Crippen LogP contribution in [-0.4, -0.2) is 34.7 Å². The van der Waals surface area contributed by atoms with E-state index in [0.29, 0.717) is 34.3 Å². The number of carbonyl (C=O) groups excluding carboxylic acids is 2. The summed E-state index contributed by atoms with van der Waals surface area (Å²) in [6.07, 6.45) is -0.826. The van der Waals surface area contributed by atoms with Crippen molar-refractivity contribution >= 4 is 46.4 Å². The van der Waals surface area contributed by atoms with Crippen molar-refractivity contribution in [2.45, 2.75) is 12.3 Å². The Morgan fingerprint density at radius 2 is 0.921 bits per heavy atom. The Hall–Kier alpha value is -4.00. The summed E-state index contributed by atoms with van der Waals surface area (Å²) in [6, 6.07) is 29.8. The van der Waals surface area contributed by atoms with Gasteiger partial charge in [-0.2, -0.15) is 0 Å². The summed E-state index contributed by atoms with van der Waals surface area (Å²) in [5.41, 5.74) is 4.55. The molecule has 2 aliphatic heterocycles. The number of nitrogens with zero attached hydrogens (tertiary/aromatic N) is 2. The first-order chi connectivity index (χ1) is 18.5. The molecule has 2 amide bonds. The third-order valence-corrected chi connectivity index (χ3v) is 7.50. The van der Waals surface area contributed by atoms with Crippen molar-refractivity contribution in [2.75, 3.05) is 23.7 Å². The fourth-order valence-electron chi connectivity index (χ4n) is 5.08. The molecule has 0 radical (unpaired) electrons. The van der Waals surface area contributed by atoms with Gasteiger partial charge in [0.2, 0.25) is 0 Å². The molecule has 0 aliphatic carbocycles. The first-order valence-electron chi connectivity index (χ1n) is 12.3. The van der Waals surface area contributed by atoms with Gasteiger partial charge >= 0.3 is 0 Å². The molecular weight excluding hydrogens is 519 g/mol.